The van der Waals surface area contributed by atoms with Crippen molar-refractivity contribution in [1.82, 2.24) is 20.0 Å². The topological polar surface area (TPSA) is 74.0 Å². The van der Waals surface area contributed by atoms with E-state index in [0.717, 1.165) is 37.3 Å². The second-order valence-corrected chi connectivity index (χ2v) is 6.86. The fraction of sp³-hybridized carbons (Fsp3) is 0.688. The third kappa shape index (κ3) is 2.86. The van der Waals surface area contributed by atoms with Crippen LogP contribution in [0.25, 0.3) is 0 Å². The average Bonchev–Trinajstić information content (AvgIpc) is 3.20. The van der Waals surface area contributed by atoms with Crippen LogP contribution in [0.3, 0.4) is 0 Å². The Morgan fingerprint density at radius 1 is 1.50 bits per heavy atom. The molecule has 0 spiro atoms. The van der Waals surface area contributed by atoms with Crippen molar-refractivity contribution < 1.29 is 4.79 Å². The van der Waals surface area contributed by atoms with E-state index in [0.29, 0.717) is 18.5 Å². The van der Waals surface area contributed by atoms with Crippen molar-refractivity contribution in [3.05, 3.63) is 17.5 Å². The van der Waals surface area contributed by atoms with Gasteiger partial charge in [0, 0.05) is 18.8 Å². The molecular formula is C16H23N5O. The summed E-state index contributed by atoms with van der Waals surface area (Å²) in [5, 5.41) is 16.7. The number of likely N-dealkylation sites (tertiary alicyclic amines) is 1. The molecular weight excluding hydrogens is 278 g/mol. The number of carbonyl (C=O) groups excluding carboxylic acids is 1. The average molecular weight is 301 g/mol. The van der Waals surface area contributed by atoms with Crippen molar-refractivity contribution >= 4 is 5.91 Å². The fourth-order valence-corrected chi connectivity index (χ4v) is 3.26. The standard InChI is InChI=1S/C16H23N5O/c1-11-6-12(2)21(19-11)14-7-20(8-14)9-15(22)18-16(3,10-17)13-4-5-13/h6,13-14H,4-5,7-9H2,1-3H3,(H,18,22)/t16-/m1/s1. The predicted octanol–water partition coefficient (Wildman–Crippen LogP) is 1.17. The number of nitriles is 1. The van der Waals surface area contributed by atoms with E-state index in [1.807, 2.05) is 18.5 Å². The Bertz CT molecular complexity index is 621. The number of hydrogen-bond donors (Lipinski definition) is 1. The summed E-state index contributed by atoms with van der Waals surface area (Å²) >= 11 is 0. The second kappa shape index (κ2) is 5.40. The highest BCUT2D eigenvalue weighted by Crippen LogP contribution is 2.39. The molecule has 6 nitrogen and oxygen atoms in total. The number of amides is 1. The summed E-state index contributed by atoms with van der Waals surface area (Å²) in [7, 11) is 0. The first-order chi connectivity index (χ1) is 10.4. The Balaban J connectivity index is 1.49. The lowest BCUT2D eigenvalue weighted by molar-refractivity contribution is -0.125. The van der Waals surface area contributed by atoms with Gasteiger partial charge < -0.3 is 5.32 Å². The quantitative estimate of drug-likeness (QED) is 0.886. The molecule has 6 heteroatoms. The normalized spacial score (nSPS) is 21.7. The van der Waals surface area contributed by atoms with E-state index in [1.54, 1.807) is 0 Å². The van der Waals surface area contributed by atoms with Gasteiger partial charge in [-0.1, -0.05) is 0 Å². The summed E-state index contributed by atoms with van der Waals surface area (Å²) in [4.78, 5) is 14.2. The number of hydrogen-bond acceptors (Lipinski definition) is 4. The number of carbonyl (C=O) groups is 1. The van der Waals surface area contributed by atoms with E-state index < -0.39 is 5.54 Å². The molecule has 0 bridgehead atoms. The van der Waals surface area contributed by atoms with Crippen molar-refractivity contribution in [2.45, 2.75) is 45.2 Å². The van der Waals surface area contributed by atoms with Gasteiger partial charge in [0.2, 0.25) is 5.91 Å². The van der Waals surface area contributed by atoms with Crippen LogP contribution in [0.4, 0.5) is 0 Å². The number of aryl methyl sites for hydroxylation is 2. The van der Waals surface area contributed by atoms with Crippen LogP contribution in [0.1, 0.15) is 37.2 Å². The Morgan fingerprint density at radius 3 is 2.68 bits per heavy atom. The van der Waals surface area contributed by atoms with Crippen LogP contribution in [0.15, 0.2) is 6.07 Å². The molecule has 1 aromatic rings. The third-order valence-corrected chi connectivity index (χ3v) is 4.72. The molecule has 2 fully saturated rings. The molecule has 0 radical (unpaired) electrons. The summed E-state index contributed by atoms with van der Waals surface area (Å²) in [6.45, 7) is 7.92. The van der Waals surface area contributed by atoms with E-state index in [9.17, 15) is 10.1 Å². The zero-order valence-corrected chi connectivity index (χ0v) is 13.5. The molecule has 2 heterocycles. The van der Waals surface area contributed by atoms with E-state index >= 15 is 0 Å². The van der Waals surface area contributed by atoms with Crippen molar-refractivity contribution in [3.8, 4) is 6.07 Å². The lowest BCUT2D eigenvalue weighted by Gasteiger charge is -2.39. The number of rotatable bonds is 5. The van der Waals surface area contributed by atoms with Gasteiger partial charge in [-0.15, -0.1) is 0 Å². The molecule has 1 saturated carbocycles. The first kappa shape index (κ1) is 15.0. The number of aromatic nitrogens is 2. The lowest BCUT2D eigenvalue weighted by atomic mass is 9.98. The summed E-state index contributed by atoms with van der Waals surface area (Å²) in [6.07, 6.45) is 2.07. The SMILES string of the molecule is Cc1cc(C)n(C2CN(CC(=O)N[C@](C)(C#N)C3CC3)C2)n1. The minimum absolute atomic E-state index is 0.0530. The molecule has 1 aromatic heterocycles. The van der Waals surface area contributed by atoms with Gasteiger partial charge in [-0.05, 0) is 45.6 Å². The molecule has 1 N–H and O–H groups in total. The van der Waals surface area contributed by atoms with Crippen molar-refractivity contribution in [2.24, 2.45) is 5.92 Å². The van der Waals surface area contributed by atoms with Gasteiger partial charge >= 0.3 is 0 Å². The highest BCUT2D eigenvalue weighted by Gasteiger charge is 2.43. The molecule has 1 aliphatic carbocycles. The van der Waals surface area contributed by atoms with Crippen molar-refractivity contribution in [1.29, 1.82) is 5.26 Å². The van der Waals surface area contributed by atoms with E-state index in [2.05, 4.69) is 34.4 Å². The minimum Gasteiger partial charge on any atom is -0.337 e. The van der Waals surface area contributed by atoms with Gasteiger partial charge in [-0.2, -0.15) is 10.4 Å². The van der Waals surface area contributed by atoms with Gasteiger partial charge in [0.15, 0.2) is 0 Å². The Morgan fingerprint density at radius 2 is 2.18 bits per heavy atom. The van der Waals surface area contributed by atoms with Crippen LogP contribution in [-0.2, 0) is 4.79 Å². The molecule has 118 valence electrons. The maximum Gasteiger partial charge on any atom is 0.235 e. The predicted molar refractivity (Wildman–Crippen MR) is 82.1 cm³/mol. The zero-order valence-electron chi connectivity index (χ0n) is 13.5. The summed E-state index contributed by atoms with van der Waals surface area (Å²) in [6, 6.07) is 4.69. The van der Waals surface area contributed by atoms with Gasteiger partial charge in [0.25, 0.3) is 0 Å². The fourth-order valence-electron chi connectivity index (χ4n) is 3.26. The second-order valence-electron chi connectivity index (χ2n) is 6.86. The van der Waals surface area contributed by atoms with Crippen LogP contribution in [0, 0.1) is 31.1 Å². The Hall–Kier alpha value is -1.87. The van der Waals surface area contributed by atoms with Crippen LogP contribution >= 0.6 is 0 Å². The smallest absolute Gasteiger partial charge is 0.235 e. The Labute approximate surface area is 131 Å². The first-order valence-electron chi connectivity index (χ1n) is 7.88. The van der Waals surface area contributed by atoms with Gasteiger partial charge in [0.1, 0.15) is 5.54 Å². The highest BCUT2D eigenvalue weighted by molar-refractivity contribution is 5.79. The molecule has 1 amide bonds. The molecule has 1 aliphatic heterocycles. The monoisotopic (exact) mass is 301 g/mol. The lowest BCUT2D eigenvalue weighted by Crippen LogP contribution is -2.55. The van der Waals surface area contributed by atoms with Crippen LogP contribution < -0.4 is 5.32 Å². The molecule has 0 aromatic carbocycles. The molecule has 3 rings (SSSR count). The van der Waals surface area contributed by atoms with E-state index in [4.69, 9.17) is 0 Å². The minimum atomic E-state index is -0.697. The number of nitrogens with one attached hydrogen (secondary N) is 1. The van der Waals surface area contributed by atoms with Crippen LogP contribution in [0.2, 0.25) is 0 Å². The van der Waals surface area contributed by atoms with E-state index in [1.165, 1.54) is 0 Å². The van der Waals surface area contributed by atoms with Crippen LogP contribution in [0.5, 0.6) is 0 Å². The van der Waals surface area contributed by atoms with Crippen LogP contribution in [-0.4, -0.2) is 45.8 Å². The molecule has 1 saturated heterocycles. The van der Waals surface area contributed by atoms with Gasteiger partial charge in [-0.25, -0.2) is 0 Å². The zero-order chi connectivity index (χ0) is 15.9. The molecule has 22 heavy (non-hydrogen) atoms. The Kier molecular flexibility index (Phi) is 3.69. The third-order valence-electron chi connectivity index (χ3n) is 4.72. The summed E-state index contributed by atoms with van der Waals surface area (Å²) in [5.41, 5.74) is 1.50. The molecule has 2 aliphatic rings. The van der Waals surface area contributed by atoms with Gasteiger partial charge in [-0.3, -0.25) is 14.4 Å². The van der Waals surface area contributed by atoms with Crippen molar-refractivity contribution in [3.63, 3.8) is 0 Å². The summed E-state index contributed by atoms with van der Waals surface area (Å²) < 4.78 is 2.05. The maximum absolute atomic E-state index is 12.1. The number of nitrogens with zero attached hydrogens (tertiary/aromatic N) is 4. The largest absolute Gasteiger partial charge is 0.337 e. The first-order valence-corrected chi connectivity index (χ1v) is 7.88. The van der Waals surface area contributed by atoms with Gasteiger partial charge in [0.05, 0.1) is 24.3 Å². The summed E-state index contributed by atoms with van der Waals surface area (Å²) in [5.74, 6) is 0.267. The maximum atomic E-state index is 12.1. The highest BCUT2D eigenvalue weighted by atomic mass is 16.2. The molecule has 1 atom stereocenters. The van der Waals surface area contributed by atoms with E-state index in [-0.39, 0.29) is 5.91 Å². The van der Waals surface area contributed by atoms with Crippen molar-refractivity contribution in [2.75, 3.05) is 19.6 Å². The molecule has 0 unspecified atom stereocenters.